The molecule has 1 aliphatic rings. The van der Waals surface area contributed by atoms with Crippen molar-refractivity contribution >= 4 is 0 Å². The fourth-order valence-electron chi connectivity index (χ4n) is 3.34. The highest BCUT2D eigenvalue weighted by Crippen LogP contribution is 2.31. The number of nitrogens with zero attached hydrogens (tertiary/aromatic N) is 4. The number of imidazole rings is 1. The lowest BCUT2D eigenvalue weighted by molar-refractivity contribution is 0.244. The minimum Gasteiger partial charge on any atom is -0.306 e. The van der Waals surface area contributed by atoms with Crippen molar-refractivity contribution in [2.45, 2.75) is 25.4 Å². The fourth-order valence-corrected chi connectivity index (χ4v) is 3.34. The zero-order chi connectivity index (χ0) is 15.5. The van der Waals surface area contributed by atoms with E-state index in [4.69, 9.17) is 0 Å². The third-order valence-electron chi connectivity index (χ3n) is 4.52. The highest BCUT2D eigenvalue weighted by Gasteiger charge is 2.26. The zero-order valence-electron chi connectivity index (χ0n) is 13.0. The lowest BCUT2D eigenvalue weighted by Crippen LogP contribution is -2.23. The first kappa shape index (κ1) is 14.2. The van der Waals surface area contributed by atoms with Gasteiger partial charge in [0, 0.05) is 30.8 Å². The van der Waals surface area contributed by atoms with Crippen LogP contribution in [-0.2, 0) is 6.54 Å². The van der Waals surface area contributed by atoms with Crippen molar-refractivity contribution in [3.63, 3.8) is 0 Å². The minimum atomic E-state index is 0.449. The first-order valence-electron chi connectivity index (χ1n) is 8.12. The third-order valence-corrected chi connectivity index (χ3v) is 4.52. The van der Waals surface area contributed by atoms with E-state index in [9.17, 15) is 0 Å². The summed E-state index contributed by atoms with van der Waals surface area (Å²) in [5, 5.41) is 0. The van der Waals surface area contributed by atoms with Crippen molar-refractivity contribution in [1.82, 2.24) is 19.4 Å². The van der Waals surface area contributed by atoms with Gasteiger partial charge >= 0.3 is 0 Å². The second-order valence-electron chi connectivity index (χ2n) is 6.02. The summed E-state index contributed by atoms with van der Waals surface area (Å²) >= 11 is 0. The summed E-state index contributed by atoms with van der Waals surface area (Å²) in [6.45, 7) is 2.12. The van der Waals surface area contributed by atoms with Crippen molar-refractivity contribution in [3.05, 3.63) is 78.6 Å². The summed E-state index contributed by atoms with van der Waals surface area (Å²) in [7, 11) is 0. The topological polar surface area (TPSA) is 34.0 Å². The average Bonchev–Trinajstić information content (AvgIpc) is 3.28. The molecule has 1 fully saturated rings. The second-order valence-corrected chi connectivity index (χ2v) is 6.02. The number of aromatic nitrogens is 3. The van der Waals surface area contributed by atoms with Crippen LogP contribution >= 0.6 is 0 Å². The summed E-state index contributed by atoms with van der Waals surface area (Å²) in [5.41, 5.74) is 3.69. The molecular weight excluding hydrogens is 284 g/mol. The second kappa shape index (κ2) is 6.34. The third kappa shape index (κ3) is 3.03. The molecule has 3 aromatic rings. The van der Waals surface area contributed by atoms with E-state index in [2.05, 4.69) is 51.3 Å². The van der Waals surface area contributed by atoms with Crippen LogP contribution < -0.4 is 0 Å². The van der Waals surface area contributed by atoms with Crippen LogP contribution in [-0.4, -0.2) is 26.0 Å². The molecule has 0 amide bonds. The van der Waals surface area contributed by atoms with Gasteiger partial charge in [-0.2, -0.15) is 0 Å². The Kier molecular flexibility index (Phi) is 3.90. The molecule has 1 aliphatic heterocycles. The van der Waals surface area contributed by atoms with Gasteiger partial charge in [-0.25, -0.2) is 4.98 Å². The van der Waals surface area contributed by atoms with Crippen LogP contribution in [0.1, 0.15) is 30.1 Å². The summed E-state index contributed by atoms with van der Waals surface area (Å²) in [6, 6.07) is 15.4. The smallest absolute Gasteiger partial charge is 0.0991 e. The Morgan fingerprint density at radius 1 is 1.04 bits per heavy atom. The number of hydrogen-bond donors (Lipinski definition) is 0. The molecule has 0 aliphatic carbocycles. The molecule has 2 aromatic heterocycles. The Balaban J connectivity index is 1.49. The van der Waals surface area contributed by atoms with Crippen LogP contribution in [0.4, 0.5) is 0 Å². The Morgan fingerprint density at radius 3 is 2.70 bits per heavy atom. The molecule has 116 valence electrons. The van der Waals surface area contributed by atoms with E-state index >= 15 is 0 Å². The van der Waals surface area contributed by atoms with Crippen molar-refractivity contribution in [2.24, 2.45) is 0 Å². The predicted octanol–water partition coefficient (Wildman–Crippen LogP) is 3.60. The number of hydrogen-bond acceptors (Lipinski definition) is 3. The average molecular weight is 304 g/mol. The number of likely N-dealkylation sites (tertiary alicyclic amines) is 1. The van der Waals surface area contributed by atoms with Crippen LogP contribution in [0.5, 0.6) is 0 Å². The van der Waals surface area contributed by atoms with Gasteiger partial charge in [-0.05, 0) is 49.2 Å². The van der Waals surface area contributed by atoms with Gasteiger partial charge < -0.3 is 4.57 Å². The van der Waals surface area contributed by atoms with E-state index in [0.717, 1.165) is 18.8 Å². The van der Waals surface area contributed by atoms with Gasteiger partial charge in [0.05, 0.1) is 18.1 Å². The van der Waals surface area contributed by atoms with Crippen LogP contribution in [0.2, 0.25) is 0 Å². The molecular formula is C19H20N4. The van der Waals surface area contributed by atoms with Crippen molar-refractivity contribution in [2.75, 3.05) is 6.54 Å². The molecule has 1 aromatic carbocycles. The molecule has 1 atom stereocenters. The molecule has 0 radical (unpaired) electrons. The first-order valence-corrected chi connectivity index (χ1v) is 8.12. The monoisotopic (exact) mass is 304 g/mol. The Hall–Kier alpha value is -2.46. The summed E-state index contributed by atoms with van der Waals surface area (Å²) < 4.78 is 2.02. The predicted molar refractivity (Wildman–Crippen MR) is 90.2 cm³/mol. The molecule has 0 saturated carbocycles. The van der Waals surface area contributed by atoms with E-state index in [1.807, 2.05) is 29.4 Å². The van der Waals surface area contributed by atoms with Gasteiger partial charge in [-0.3, -0.25) is 9.88 Å². The van der Waals surface area contributed by atoms with E-state index < -0.39 is 0 Å². The lowest BCUT2D eigenvalue weighted by atomic mass is 10.1. The zero-order valence-corrected chi connectivity index (χ0v) is 13.0. The molecule has 4 rings (SSSR count). The fraction of sp³-hybridized carbons (Fsp3) is 0.263. The van der Waals surface area contributed by atoms with Gasteiger partial charge in [-0.1, -0.05) is 18.2 Å². The number of pyridine rings is 1. The van der Waals surface area contributed by atoms with E-state index in [-0.39, 0.29) is 0 Å². The summed E-state index contributed by atoms with van der Waals surface area (Å²) in [6.07, 6.45) is 9.93. The van der Waals surface area contributed by atoms with Gasteiger partial charge in [0.1, 0.15) is 0 Å². The van der Waals surface area contributed by atoms with Gasteiger partial charge in [0.25, 0.3) is 0 Å². The Labute approximate surface area is 136 Å². The maximum absolute atomic E-state index is 4.55. The first-order chi connectivity index (χ1) is 11.4. The van der Waals surface area contributed by atoms with Crippen LogP contribution in [0.15, 0.2) is 67.4 Å². The largest absolute Gasteiger partial charge is 0.306 e. The molecule has 1 saturated heterocycles. The van der Waals surface area contributed by atoms with E-state index in [1.54, 1.807) is 6.20 Å². The normalized spacial score (nSPS) is 18.3. The molecule has 0 bridgehead atoms. The summed E-state index contributed by atoms with van der Waals surface area (Å²) in [5.74, 6) is 0. The van der Waals surface area contributed by atoms with E-state index in [1.165, 1.54) is 24.1 Å². The Morgan fingerprint density at radius 2 is 1.96 bits per heavy atom. The van der Waals surface area contributed by atoms with Gasteiger partial charge in [-0.15, -0.1) is 0 Å². The maximum Gasteiger partial charge on any atom is 0.0991 e. The van der Waals surface area contributed by atoms with Gasteiger partial charge in [0.2, 0.25) is 0 Å². The van der Waals surface area contributed by atoms with Crippen molar-refractivity contribution in [3.8, 4) is 5.69 Å². The van der Waals surface area contributed by atoms with Crippen molar-refractivity contribution < 1.29 is 0 Å². The Bertz CT molecular complexity index is 735. The molecule has 23 heavy (non-hydrogen) atoms. The summed E-state index contributed by atoms with van der Waals surface area (Å²) in [4.78, 5) is 11.2. The molecule has 0 N–H and O–H groups in total. The standard InChI is InChI=1S/C19H20N4/c1-2-10-21-18(4-1)19-5-3-12-22(19)14-16-6-8-17(9-7-16)23-13-11-20-15-23/h1-2,4,6-11,13,15,19H,3,5,12,14H2. The van der Waals surface area contributed by atoms with E-state index in [0.29, 0.717) is 6.04 Å². The van der Waals surface area contributed by atoms with Gasteiger partial charge in [0.15, 0.2) is 0 Å². The molecule has 4 nitrogen and oxygen atoms in total. The van der Waals surface area contributed by atoms with Crippen LogP contribution in [0, 0.1) is 0 Å². The minimum absolute atomic E-state index is 0.449. The number of benzene rings is 1. The van der Waals surface area contributed by atoms with Crippen LogP contribution in [0.25, 0.3) is 5.69 Å². The quantitative estimate of drug-likeness (QED) is 0.738. The van der Waals surface area contributed by atoms with Crippen LogP contribution in [0.3, 0.4) is 0 Å². The SMILES string of the molecule is c1ccc(C2CCCN2Cc2ccc(-n3ccnc3)cc2)nc1. The highest BCUT2D eigenvalue weighted by molar-refractivity contribution is 5.34. The molecule has 0 spiro atoms. The maximum atomic E-state index is 4.55. The molecule has 4 heteroatoms. The highest BCUT2D eigenvalue weighted by atomic mass is 15.2. The number of rotatable bonds is 4. The molecule has 3 heterocycles. The molecule has 1 unspecified atom stereocenters. The lowest BCUT2D eigenvalue weighted by Gasteiger charge is -2.24. The van der Waals surface area contributed by atoms with Crippen molar-refractivity contribution in [1.29, 1.82) is 0 Å².